The Morgan fingerprint density at radius 1 is 1.00 bits per heavy atom. The average molecular weight is 603 g/mol. The number of anilines is 2. The Hall–Kier alpha value is -1.36. The first-order valence-corrected chi connectivity index (χ1v) is 11.5. The van der Waals surface area contributed by atoms with E-state index in [1.165, 1.54) is 0 Å². The van der Waals surface area contributed by atoms with Gasteiger partial charge in [-0.1, -0.05) is 6.92 Å². The molecule has 1 saturated heterocycles. The molecule has 1 aliphatic rings. The Bertz CT molecular complexity index is 847. The average Bonchev–Trinajstić information content (AvgIpc) is 2.70. The third kappa shape index (κ3) is 5.37. The van der Waals surface area contributed by atoms with Crippen molar-refractivity contribution in [3.05, 3.63) is 55.2 Å². The fourth-order valence-corrected chi connectivity index (χ4v) is 4.28. The highest BCUT2D eigenvalue weighted by molar-refractivity contribution is 14.1. The number of amides is 2. The van der Waals surface area contributed by atoms with Crippen molar-refractivity contribution in [1.29, 1.82) is 0 Å². The molecule has 3 rings (SSSR count). The molecule has 2 aromatic rings. The van der Waals surface area contributed by atoms with E-state index in [2.05, 4.69) is 55.4 Å². The fourth-order valence-electron chi connectivity index (χ4n) is 3.21. The Morgan fingerprint density at radius 2 is 1.68 bits per heavy atom. The lowest BCUT2D eigenvalue weighted by Gasteiger charge is -2.36. The van der Waals surface area contributed by atoms with Crippen LogP contribution in [0.4, 0.5) is 11.4 Å². The van der Waals surface area contributed by atoms with Crippen LogP contribution >= 0.6 is 45.2 Å². The Kier molecular flexibility index (Phi) is 7.55. The number of nitrogens with one attached hydrogen (secondary N) is 1. The van der Waals surface area contributed by atoms with Crippen LogP contribution < -0.4 is 10.2 Å². The second-order valence-corrected chi connectivity index (χ2v) is 9.15. The van der Waals surface area contributed by atoms with Gasteiger partial charge in [0.05, 0.1) is 5.56 Å². The van der Waals surface area contributed by atoms with Crippen molar-refractivity contribution in [2.24, 2.45) is 0 Å². The SMILES string of the molecule is CCCC(=O)N1CCN(c2ccc(NC(=O)c3cc(I)ccc3I)cc2)CC1. The lowest BCUT2D eigenvalue weighted by atomic mass is 10.2. The highest BCUT2D eigenvalue weighted by atomic mass is 127. The van der Waals surface area contributed by atoms with Crippen LogP contribution in [0.2, 0.25) is 0 Å². The first-order valence-electron chi connectivity index (χ1n) is 9.37. The van der Waals surface area contributed by atoms with Gasteiger partial charge in [-0.15, -0.1) is 0 Å². The number of halogens is 2. The summed E-state index contributed by atoms with van der Waals surface area (Å²) >= 11 is 4.39. The minimum Gasteiger partial charge on any atom is -0.368 e. The van der Waals surface area contributed by atoms with E-state index in [-0.39, 0.29) is 11.8 Å². The molecule has 0 bridgehead atoms. The van der Waals surface area contributed by atoms with Gasteiger partial charge >= 0.3 is 0 Å². The monoisotopic (exact) mass is 603 g/mol. The lowest BCUT2D eigenvalue weighted by molar-refractivity contribution is -0.131. The number of piperazine rings is 1. The summed E-state index contributed by atoms with van der Waals surface area (Å²) in [5, 5.41) is 2.97. The normalized spacial score (nSPS) is 14.1. The highest BCUT2D eigenvalue weighted by Gasteiger charge is 2.20. The van der Waals surface area contributed by atoms with E-state index in [0.29, 0.717) is 12.0 Å². The second-order valence-electron chi connectivity index (χ2n) is 6.74. The molecule has 0 atom stereocenters. The molecule has 1 heterocycles. The van der Waals surface area contributed by atoms with E-state index in [9.17, 15) is 9.59 Å². The first-order chi connectivity index (χ1) is 13.5. The van der Waals surface area contributed by atoms with Crippen molar-refractivity contribution >= 4 is 68.4 Å². The van der Waals surface area contributed by atoms with E-state index < -0.39 is 0 Å². The molecule has 5 nitrogen and oxygen atoms in total. The van der Waals surface area contributed by atoms with Gasteiger partial charge in [0, 0.05) is 51.1 Å². The van der Waals surface area contributed by atoms with Gasteiger partial charge in [0.2, 0.25) is 5.91 Å². The van der Waals surface area contributed by atoms with E-state index in [4.69, 9.17) is 0 Å². The van der Waals surface area contributed by atoms with Gasteiger partial charge in [-0.05, 0) is 94.1 Å². The van der Waals surface area contributed by atoms with Crippen LogP contribution in [0.15, 0.2) is 42.5 Å². The topological polar surface area (TPSA) is 52.7 Å². The number of carbonyl (C=O) groups excluding carboxylic acids is 2. The predicted molar refractivity (Wildman–Crippen MR) is 130 cm³/mol. The smallest absolute Gasteiger partial charge is 0.256 e. The standard InChI is InChI=1S/C21H23I2N3O2/c1-2-3-20(27)26-12-10-25(11-13-26)17-7-5-16(6-8-17)24-21(28)18-14-15(22)4-9-19(18)23/h4-9,14H,2-3,10-13H2,1H3,(H,24,28). The molecule has 0 unspecified atom stereocenters. The van der Waals surface area contributed by atoms with Gasteiger partial charge < -0.3 is 15.1 Å². The van der Waals surface area contributed by atoms with Crippen molar-refractivity contribution < 1.29 is 9.59 Å². The molecule has 2 aromatic carbocycles. The number of benzene rings is 2. The third-order valence-electron chi connectivity index (χ3n) is 4.76. The largest absolute Gasteiger partial charge is 0.368 e. The van der Waals surface area contributed by atoms with Crippen LogP contribution in [0.3, 0.4) is 0 Å². The highest BCUT2D eigenvalue weighted by Crippen LogP contribution is 2.22. The maximum atomic E-state index is 12.6. The maximum Gasteiger partial charge on any atom is 0.256 e. The molecule has 0 saturated carbocycles. The van der Waals surface area contributed by atoms with Crippen LogP contribution in [0.5, 0.6) is 0 Å². The second kappa shape index (κ2) is 9.91. The van der Waals surface area contributed by atoms with Crippen molar-refractivity contribution in [3.63, 3.8) is 0 Å². The predicted octanol–water partition coefficient (Wildman–Crippen LogP) is 4.60. The minimum atomic E-state index is -0.0984. The zero-order chi connectivity index (χ0) is 20.1. The zero-order valence-corrected chi connectivity index (χ0v) is 20.1. The molecule has 2 amide bonds. The Labute approximate surface area is 193 Å². The fraction of sp³-hybridized carbons (Fsp3) is 0.333. The number of nitrogens with zero attached hydrogens (tertiary/aromatic N) is 2. The number of hydrogen-bond acceptors (Lipinski definition) is 3. The number of carbonyl (C=O) groups is 2. The molecule has 1 aliphatic heterocycles. The van der Waals surface area contributed by atoms with Crippen LogP contribution in [-0.2, 0) is 4.79 Å². The summed E-state index contributed by atoms with van der Waals surface area (Å²) in [6.45, 7) is 5.24. The molecule has 0 aliphatic carbocycles. The summed E-state index contributed by atoms with van der Waals surface area (Å²) < 4.78 is 1.97. The van der Waals surface area contributed by atoms with Crippen molar-refractivity contribution in [3.8, 4) is 0 Å². The van der Waals surface area contributed by atoms with Crippen molar-refractivity contribution in [2.45, 2.75) is 19.8 Å². The van der Waals surface area contributed by atoms with E-state index in [1.54, 1.807) is 0 Å². The van der Waals surface area contributed by atoms with Gasteiger partial charge in [-0.3, -0.25) is 9.59 Å². The summed E-state index contributed by atoms with van der Waals surface area (Å²) in [5.74, 6) is 0.157. The molecule has 7 heteroatoms. The molecular formula is C21H23I2N3O2. The molecule has 28 heavy (non-hydrogen) atoms. The summed E-state index contributed by atoms with van der Waals surface area (Å²) in [5.41, 5.74) is 2.58. The van der Waals surface area contributed by atoms with Gasteiger partial charge in [-0.25, -0.2) is 0 Å². The molecule has 1 fully saturated rings. The van der Waals surface area contributed by atoms with Gasteiger partial charge in [0.1, 0.15) is 0 Å². The van der Waals surface area contributed by atoms with Crippen molar-refractivity contribution in [2.75, 3.05) is 36.4 Å². The van der Waals surface area contributed by atoms with E-state index in [1.807, 2.05) is 54.3 Å². The maximum absolute atomic E-state index is 12.6. The molecule has 0 spiro atoms. The Balaban J connectivity index is 1.59. The van der Waals surface area contributed by atoms with Gasteiger partial charge in [-0.2, -0.15) is 0 Å². The van der Waals surface area contributed by atoms with Gasteiger partial charge in [0.15, 0.2) is 0 Å². The quantitative estimate of drug-likeness (QED) is 0.509. The first kappa shape index (κ1) is 21.4. The molecule has 0 aromatic heterocycles. The van der Waals surface area contributed by atoms with E-state index >= 15 is 0 Å². The van der Waals surface area contributed by atoms with Crippen LogP contribution in [0.25, 0.3) is 0 Å². The summed E-state index contributed by atoms with van der Waals surface area (Å²) in [6, 6.07) is 13.8. The molecular weight excluding hydrogens is 580 g/mol. The zero-order valence-electron chi connectivity index (χ0n) is 15.8. The number of rotatable bonds is 5. The molecule has 148 valence electrons. The van der Waals surface area contributed by atoms with Gasteiger partial charge in [0.25, 0.3) is 5.91 Å². The lowest BCUT2D eigenvalue weighted by Crippen LogP contribution is -2.48. The van der Waals surface area contributed by atoms with Crippen LogP contribution in [0, 0.1) is 7.14 Å². The van der Waals surface area contributed by atoms with E-state index in [0.717, 1.165) is 51.1 Å². The Morgan fingerprint density at radius 3 is 2.32 bits per heavy atom. The minimum absolute atomic E-state index is 0.0984. The van der Waals surface area contributed by atoms with Crippen molar-refractivity contribution in [1.82, 2.24) is 4.90 Å². The number of hydrogen-bond donors (Lipinski definition) is 1. The third-order valence-corrected chi connectivity index (χ3v) is 6.37. The summed E-state index contributed by atoms with van der Waals surface area (Å²) in [6.07, 6.45) is 1.53. The van der Waals surface area contributed by atoms with Crippen LogP contribution in [0.1, 0.15) is 30.1 Å². The molecule has 1 N–H and O–H groups in total. The summed E-state index contributed by atoms with van der Waals surface area (Å²) in [4.78, 5) is 28.8. The summed E-state index contributed by atoms with van der Waals surface area (Å²) in [7, 11) is 0. The van der Waals surface area contributed by atoms with Crippen LogP contribution in [-0.4, -0.2) is 42.9 Å². The molecule has 0 radical (unpaired) electrons.